The van der Waals surface area contributed by atoms with Crippen LogP contribution in [0.1, 0.15) is 11.3 Å². The Morgan fingerprint density at radius 2 is 1.83 bits per heavy atom. The molecular formula is C15H14N2O. The highest BCUT2D eigenvalue weighted by Crippen LogP contribution is 2.33. The highest BCUT2D eigenvalue weighted by molar-refractivity contribution is 5.90. The van der Waals surface area contributed by atoms with Gasteiger partial charge in [0.05, 0.1) is 5.69 Å². The number of aromatic amines is 1. The molecule has 2 heterocycles. The lowest BCUT2D eigenvalue weighted by atomic mass is 10.1. The molecule has 3 aromatic rings. The van der Waals surface area contributed by atoms with Crippen molar-refractivity contribution >= 4 is 10.9 Å². The summed E-state index contributed by atoms with van der Waals surface area (Å²) in [6, 6.07) is 11.6. The summed E-state index contributed by atoms with van der Waals surface area (Å²) < 4.78 is 0. The Labute approximate surface area is 105 Å². The standard InChI is InChI=1S/C15H14N2O/c1-9-7-8-13(18)15(16-9)14-10(2)11-5-3-4-6-12(11)17-14/h3-8,17-18H,1-2H3. The fraction of sp³-hybridized carbons (Fsp3) is 0.133. The molecule has 1 aromatic carbocycles. The fourth-order valence-corrected chi connectivity index (χ4v) is 2.25. The van der Waals surface area contributed by atoms with Crippen molar-refractivity contribution in [1.82, 2.24) is 9.97 Å². The summed E-state index contributed by atoms with van der Waals surface area (Å²) in [6.07, 6.45) is 0. The largest absolute Gasteiger partial charge is 0.506 e. The van der Waals surface area contributed by atoms with Gasteiger partial charge in [0.15, 0.2) is 0 Å². The van der Waals surface area contributed by atoms with Crippen LogP contribution in [0.2, 0.25) is 0 Å². The van der Waals surface area contributed by atoms with Gasteiger partial charge in [-0.3, -0.25) is 0 Å². The zero-order valence-electron chi connectivity index (χ0n) is 10.4. The van der Waals surface area contributed by atoms with E-state index in [0.717, 1.165) is 27.9 Å². The van der Waals surface area contributed by atoms with Gasteiger partial charge in [0.2, 0.25) is 0 Å². The van der Waals surface area contributed by atoms with Crippen LogP contribution >= 0.6 is 0 Å². The van der Waals surface area contributed by atoms with Gasteiger partial charge in [-0.25, -0.2) is 4.98 Å². The zero-order valence-corrected chi connectivity index (χ0v) is 10.4. The van der Waals surface area contributed by atoms with Gasteiger partial charge >= 0.3 is 0 Å². The molecule has 2 N–H and O–H groups in total. The molecule has 0 aliphatic heterocycles. The first-order chi connectivity index (χ1) is 8.66. The van der Waals surface area contributed by atoms with Crippen molar-refractivity contribution in [2.24, 2.45) is 0 Å². The van der Waals surface area contributed by atoms with Crippen LogP contribution in [-0.4, -0.2) is 15.1 Å². The van der Waals surface area contributed by atoms with Crippen LogP contribution in [0.5, 0.6) is 5.75 Å². The Morgan fingerprint density at radius 3 is 2.61 bits per heavy atom. The molecule has 0 bridgehead atoms. The van der Waals surface area contributed by atoms with E-state index in [-0.39, 0.29) is 5.75 Å². The molecule has 0 atom stereocenters. The summed E-state index contributed by atoms with van der Waals surface area (Å²) in [5.74, 6) is 0.204. The van der Waals surface area contributed by atoms with Gasteiger partial charge in [0.1, 0.15) is 11.4 Å². The van der Waals surface area contributed by atoms with Crippen molar-refractivity contribution in [2.45, 2.75) is 13.8 Å². The minimum absolute atomic E-state index is 0.204. The van der Waals surface area contributed by atoms with Crippen molar-refractivity contribution in [1.29, 1.82) is 0 Å². The van der Waals surface area contributed by atoms with Crippen LogP contribution in [0.4, 0.5) is 0 Å². The molecule has 0 saturated heterocycles. The molecule has 0 fully saturated rings. The van der Waals surface area contributed by atoms with Crippen LogP contribution in [-0.2, 0) is 0 Å². The molecule has 90 valence electrons. The van der Waals surface area contributed by atoms with E-state index in [0.29, 0.717) is 5.69 Å². The number of nitrogens with one attached hydrogen (secondary N) is 1. The first kappa shape index (κ1) is 10.8. The average molecular weight is 238 g/mol. The van der Waals surface area contributed by atoms with E-state index in [1.54, 1.807) is 12.1 Å². The number of aromatic nitrogens is 2. The Balaban J connectivity index is 2.31. The molecule has 0 amide bonds. The molecule has 0 spiro atoms. The Morgan fingerprint density at radius 1 is 1.06 bits per heavy atom. The maximum atomic E-state index is 9.96. The fourth-order valence-electron chi connectivity index (χ4n) is 2.25. The number of aryl methyl sites for hydroxylation is 2. The summed E-state index contributed by atoms with van der Waals surface area (Å²) in [5, 5.41) is 11.1. The lowest BCUT2D eigenvalue weighted by Crippen LogP contribution is -1.89. The predicted molar refractivity (Wildman–Crippen MR) is 72.7 cm³/mol. The maximum Gasteiger partial charge on any atom is 0.143 e. The van der Waals surface area contributed by atoms with Crippen LogP contribution in [0.15, 0.2) is 36.4 Å². The maximum absolute atomic E-state index is 9.96. The number of pyridine rings is 1. The smallest absolute Gasteiger partial charge is 0.143 e. The molecule has 18 heavy (non-hydrogen) atoms. The number of fused-ring (bicyclic) bond motifs is 1. The second-order valence-corrected chi connectivity index (χ2v) is 4.49. The van der Waals surface area contributed by atoms with E-state index in [2.05, 4.69) is 16.0 Å². The topological polar surface area (TPSA) is 48.9 Å². The van der Waals surface area contributed by atoms with Gasteiger partial charge in [-0.1, -0.05) is 18.2 Å². The van der Waals surface area contributed by atoms with Crippen LogP contribution in [0, 0.1) is 13.8 Å². The van der Waals surface area contributed by atoms with Crippen LogP contribution < -0.4 is 0 Å². The molecule has 3 heteroatoms. The number of para-hydroxylation sites is 1. The zero-order chi connectivity index (χ0) is 12.7. The molecule has 0 aliphatic rings. The third kappa shape index (κ3) is 1.56. The predicted octanol–water partition coefficient (Wildman–Crippen LogP) is 3.55. The van der Waals surface area contributed by atoms with Crippen molar-refractivity contribution < 1.29 is 5.11 Å². The van der Waals surface area contributed by atoms with E-state index < -0.39 is 0 Å². The third-order valence-electron chi connectivity index (χ3n) is 3.22. The van der Waals surface area contributed by atoms with Crippen LogP contribution in [0.25, 0.3) is 22.3 Å². The van der Waals surface area contributed by atoms with Gasteiger partial charge in [0, 0.05) is 16.6 Å². The summed E-state index contributed by atoms with van der Waals surface area (Å²) in [6.45, 7) is 3.96. The number of aromatic hydroxyl groups is 1. The van der Waals surface area contributed by atoms with E-state index >= 15 is 0 Å². The quantitative estimate of drug-likeness (QED) is 0.681. The lowest BCUT2D eigenvalue weighted by Gasteiger charge is -2.04. The van der Waals surface area contributed by atoms with Crippen molar-refractivity contribution in [3.63, 3.8) is 0 Å². The van der Waals surface area contributed by atoms with Gasteiger partial charge in [-0.05, 0) is 37.6 Å². The molecular weight excluding hydrogens is 224 g/mol. The van der Waals surface area contributed by atoms with E-state index in [1.807, 2.05) is 32.0 Å². The molecule has 3 nitrogen and oxygen atoms in total. The van der Waals surface area contributed by atoms with Crippen molar-refractivity contribution in [2.75, 3.05) is 0 Å². The highest BCUT2D eigenvalue weighted by atomic mass is 16.3. The number of nitrogens with zero attached hydrogens (tertiary/aromatic N) is 1. The summed E-state index contributed by atoms with van der Waals surface area (Å²) in [7, 11) is 0. The highest BCUT2D eigenvalue weighted by Gasteiger charge is 2.13. The number of rotatable bonds is 1. The average Bonchev–Trinajstić information content (AvgIpc) is 2.71. The monoisotopic (exact) mass is 238 g/mol. The first-order valence-corrected chi connectivity index (χ1v) is 5.91. The van der Waals surface area contributed by atoms with Gasteiger partial charge in [-0.2, -0.15) is 0 Å². The van der Waals surface area contributed by atoms with Gasteiger partial charge in [0.25, 0.3) is 0 Å². The number of H-pyrrole nitrogens is 1. The van der Waals surface area contributed by atoms with Crippen molar-refractivity contribution in [3.8, 4) is 17.1 Å². The lowest BCUT2D eigenvalue weighted by molar-refractivity contribution is 0.474. The second-order valence-electron chi connectivity index (χ2n) is 4.49. The summed E-state index contributed by atoms with van der Waals surface area (Å²) in [5.41, 5.74) is 4.56. The third-order valence-corrected chi connectivity index (χ3v) is 3.22. The minimum atomic E-state index is 0.204. The number of hydrogen-bond donors (Lipinski definition) is 2. The molecule has 0 radical (unpaired) electrons. The van der Waals surface area contributed by atoms with Crippen molar-refractivity contribution in [3.05, 3.63) is 47.7 Å². The SMILES string of the molecule is Cc1ccc(O)c(-c2[nH]c3ccccc3c2C)n1. The van der Waals surface area contributed by atoms with E-state index in [1.165, 1.54) is 0 Å². The Hall–Kier alpha value is -2.29. The first-order valence-electron chi connectivity index (χ1n) is 5.91. The normalized spacial score (nSPS) is 11.0. The Kier molecular flexibility index (Phi) is 2.33. The van der Waals surface area contributed by atoms with Crippen LogP contribution in [0.3, 0.4) is 0 Å². The number of benzene rings is 1. The molecule has 3 rings (SSSR count). The molecule has 0 unspecified atom stereocenters. The molecule has 0 aliphatic carbocycles. The summed E-state index contributed by atoms with van der Waals surface area (Å²) >= 11 is 0. The van der Waals surface area contributed by atoms with E-state index in [9.17, 15) is 5.11 Å². The second kappa shape index (κ2) is 3.88. The summed E-state index contributed by atoms with van der Waals surface area (Å²) in [4.78, 5) is 7.74. The minimum Gasteiger partial charge on any atom is -0.506 e. The number of hydrogen-bond acceptors (Lipinski definition) is 2. The van der Waals surface area contributed by atoms with Gasteiger partial charge in [-0.15, -0.1) is 0 Å². The van der Waals surface area contributed by atoms with E-state index in [4.69, 9.17) is 0 Å². The van der Waals surface area contributed by atoms with Gasteiger partial charge < -0.3 is 10.1 Å². The Bertz CT molecular complexity index is 728. The molecule has 0 saturated carbocycles. The molecule has 2 aromatic heterocycles.